The van der Waals surface area contributed by atoms with Crippen molar-refractivity contribution in [3.05, 3.63) is 18.2 Å². The fraction of sp³-hybridized carbons (Fsp3) is 0.688. The van der Waals surface area contributed by atoms with Crippen molar-refractivity contribution in [1.29, 1.82) is 0 Å². The van der Waals surface area contributed by atoms with Crippen molar-refractivity contribution in [3.8, 4) is 0 Å². The van der Waals surface area contributed by atoms with Gasteiger partial charge in [-0.05, 0) is 19.8 Å². The summed E-state index contributed by atoms with van der Waals surface area (Å²) in [6.07, 6.45) is 6.35. The number of hydrogen-bond acceptors (Lipinski definition) is 4. The second-order valence-corrected chi connectivity index (χ2v) is 6.60. The van der Waals surface area contributed by atoms with E-state index in [0.29, 0.717) is 38.1 Å². The summed E-state index contributed by atoms with van der Waals surface area (Å²) in [5.74, 6) is 1.03. The SMILES string of the molecule is Cc1nccn1CCN(C)C(=O)CN1C[C@@H]2CC[C@H](CC1=O)N2. The number of nitrogens with zero attached hydrogens (tertiary/aromatic N) is 4. The quantitative estimate of drug-likeness (QED) is 0.829. The molecular formula is C16H25N5O2. The van der Waals surface area contributed by atoms with Crippen LogP contribution in [0.3, 0.4) is 0 Å². The number of rotatable bonds is 5. The number of likely N-dealkylation sites (N-methyl/N-ethyl adjacent to an activating group) is 1. The van der Waals surface area contributed by atoms with Gasteiger partial charge in [0.1, 0.15) is 5.82 Å². The third-order valence-corrected chi connectivity index (χ3v) is 4.90. The van der Waals surface area contributed by atoms with E-state index in [0.717, 1.165) is 18.7 Å². The van der Waals surface area contributed by atoms with Crippen LogP contribution >= 0.6 is 0 Å². The molecule has 1 N–H and O–H groups in total. The summed E-state index contributed by atoms with van der Waals surface area (Å²) in [5, 5.41) is 3.47. The molecule has 2 fully saturated rings. The van der Waals surface area contributed by atoms with Gasteiger partial charge in [-0.1, -0.05) is 0 Å². The van der Waals surface area contributed by atoms with Crippen LogP contribution in [0.5, 0.6) is 0 Å². The number of imidazole rings is 1. The minimum Gasteiger partial charge on any atom is -0.342 e. The van der Waals surface area contributed by atoms with Crippen LogP contribution in [0, 0.1) is 6.92 Å². The number of fused-ring (bicyclic) bond motifs is 2. The summed E-state index contributed by atoms with van der Waals surface area (Å²) in [7, 11) is 1.79. The third-order valence-electron chi connectivity index (χ3n) is 4.90. The average molecular weight is 319 g/mol. The van der Waals surface area contributed by atoms with Crippen LogP contribution in [0.4, 0.5) is 0 Å². The fourth-order valence-corrected chi connectivity index (χ4v) is 3.37. The molecule has 0 unspecified atom stereocenters. The molecule has 0 aliphatic carbocycles. The second-order valence-electron chi connectivity index (χ2n) is 6.60. The molecule has 1 aromatic heterocycles. The van der Waals surface area contributed by atoms with Gasteiger partial charge in [0.15, 0.2) is 0 Å². The van der Waals surface area contributed by atoms with Crippen LogP contribution in [0.15, 0.2) is 12.4 Å². The molecule has 0 saturated carbocycles. The number of hydrogen-bond donors (Lipinski definition) is 1. The van der Waals surface area contributed by atoms with E-state index >= 15 is 0 Å². The summed E-state index contributed by atoms with van der Waals surface area (Å²) in [6, 6.07) is 0.646. The van der Waals surface area contributed by atoms with E-state index in [-0.39, 0.29) is 18.4 Å². The Morgan fingerprint density at radius 1 is 1.43 bits per heavy atom. The van der Waals surface area contributed by atoms with Crippen LogP contribution in [-0.4, -0.2) is 69.9 Å². The first-order chi connectivity index (χ1) is 11.0. The lowest BCUT2D eigenvalue weighted by atomic mass is 10.1. The summed E-state index contributed by atoms with van der Waals surface area (Å²) >= 11 is 0. The minimum absolute atomic E-state index is 0.00566. The van der Waals surface area contributed by atoms with Crippen molar-refractivity contribution in [2.75, 3.05) is 26.7 Å². The lowest BCUT2D eigenvalue weighted by Crippen LogP contribution is -2.45. The number of carbonyl (C=O) groups excluding carboxylic acids is 2. The summed E-state index contributed by atoms with van der Waals surface area (Å²) in [6.45, 7) is 4.11. The van der Waals surface area contributed by atoms with Crippen LogP contribution in [0.2, 0.25) is 0 Å². The highest BCUT2D eigenvalue weighted by molar-refractivity contribution is 5.85. The molecule has 126 valence electrons. The van der Waals surface area contributed by atoms with Gasteiger partial charge in [0.2, 0.25) is 11.8 Å². The molecule has 3 heterocycles. The molecule has 7 heteroatoms. The Hall–Kier alpha value is -1.89. The molecular weight excluding hydrogens is 294 g/mol. The van der Waals surface area contributed by atoms with Crippen LogP contribution in [0.1, 0.15) is 25.1 Å². The maximum Gasteiger partial charge on any atom is 0.241 e. The van der Waals surface area contributed by atoms with Gasteiger partial charge in [0.25, 0.3) is 0 Å². The molecule has 2 aliphatic heterocycles. The predicted molar refractivity (Wildman–Crippen MR) is 85.7 cm³/mol. The zero-order valence-electron chi connectivity index (χ0n) is 13.9. The molecule has 0 aromatic carbocycles. The largest absolute Gasteiger partial charge is 0.342 e. The average Bonchev–Trinajstić information content (AvgIpc) is 3.08. The Labute approximate surface area is 136 Å². The molecule has 2 atom stereocenters. The Morgan fingerprint density at radius 3 is 2.96 bits per heavy atom. The number of amides is 2. The van der Waals surface area contributed by atoms with Crippen molar-refractivity contribution in [2.24, 2.45) is 0 Å². The highest BCUT2D eigenvalue weighted by atomic mass is 16.2. The molecule has 2 amide bonds. The van der Waals surface area contributed by atoms with E-state index in [4.69, 9.17) is 0 Å². The van der Waals surface area contributed by atoms with Crippen molar-refractivity contribution >= 4 is 11.8 Å². The first kappa shape index (κ1) is 16.0. The number of nitrogens with one attached hydrogen (secondary N) is 1. The van der Waals surface area contributed by atoms with Gasteiger partial charge >= 0.3 is 0 Å². The maximum atomic E-state index is 12.4. The molecule has 1 aromatic rings. The van der Waals surface area contributed by atoms with Gasteiger partial charge in [0.05, 0.1) is 6.54 Å². The highest BCUT2D eigenvalue weighted by Crippen LogP contribution is 2.21. The van der Waals surface area contributed by atoms with Gasteiger partial charge in [-0.2, -0.15) is 0 Å². The van der Waals surface area contributed by atoms with E-state index in [1.165, 1.54) is 0 Å². The van der Waals surface area contributed by atoms with Gasteiger partial charge in [-0.25, -0.2) is 4.98 Å². The maximum absolute atomic E-state index is 12.4. The number of carbonyl (C=O) groups is 2. The van der Waals surface area contributed by atoms with E-state index in [1.54, 1.807) is 23.0 Å². The molecule has 2 saturated heterocycles. The van der Waals surface area contributed by atoms with E-state index in [9.17, 15) is 9.59 Å². The zero-order chi connectivity index (χ0) is 16.4. The summed E-state index contributed by atoms with van der Waals surface area (Å²) in [5.41, 5.74) is 0. The monoisotopic (exact) mass is 319 g/mol. The topological polar surface area (TPSA) is 70.5 Å². The van der Waals surface area contributed by atoms with Gasteiger partial charge < -0.3 is 19.7 Å². The molecule has 2 bridgehead atoms. The Bertz CT molecular complexity index is 585. The Morgan fingerprint density at radius 2 is 2.22 bits per heavy atom. The number of aromatic nitrogens is 2. The molecule has 0 radical (unpaired) electrons. The minimum atomic E-state index is -0.00566. The lowest BCUT2D eigenvalue weighted by molar-refractivity contribution is -0.140. The van der Waals surface area contributed by atoms with Crippen LogP contribution < -0.4 is 5.32 Å². The standard InChI is InChI=1S/C16H25N5O2/c1-12-17-5-6-20(12)8-7-19(2)16(23)11-21-10-14-4-3-13(18-14)9-15(21)22/h5-6,13-14,18H,3-4,7-11H2,1-2H3/t13-,14+/m1/s1. The number of likely N-dealkylation sites (tertiary alicyclic amines) is 1. The third kappa shape index (κ3) is 3.72. The molecule has 3 rings (SSSR count). The van der Waals surface area contributed by atoms with Gasteiger partial charge in [0, 0.05) is 57.6 Å². The predicted octanol–water partition coefficient (Wildman–Crippen LogP) is 0.00282. The van der Waals surface area contributed by atoms with Crippen LogP contribution in [0.25, 0.3) is 0 Å². The second kappa shape index (κ2) is 6.70. The van der Waals surface area contributed by atoms with E-state index in [2.05, 4.69) is 10.3 Å². The molecule has 2 aliphatic rings. The first-order valence-corrected chi connectivity index (χ1v) is 8.28. The Kier molecular flexibility index (Phi) is 4.66. The Balaban J connectivity index is 1.51. The number of aryl methyl sites for hydroxylation is 1. The van der Waals surface area contributed by atoms with E-state index in [1.807, 2.05) is 17.7 Å². The fourth-order valence-electron chi connectivity index (χ4n) is 3.37. The highest BCUT2D eigenvalue weighted by Gasteiger charge is 2.34. The van der Waals surface area contributed by atoms with Gasteiger partial charge in [-0.3, -0.25) is 9.59 Å². The smallest absolute Gasteiger partial charge is 0.241 e. The first-order valence-electron chi connectivity index (χ1n) is 8.28. The van der Waals surface area contributed by atoms with Crippen molar-refractivity contribution in [1.82, 2.24) is 24.7 Å². The summed E-state index contributed by atoms with van der Waals surface area (Å²) < 4.78 is 2.02. The van der Waals surface area contributed by atoms with Crippen molar-refractivity contribution in [3.63, 3.8) is 0 Å². The normalized spacial score (nSPS) is 23.9. The van der Waals surface area contributed by atoms with Crippen molar-refractivity contribution < 1.29 is 9.59 Å². The summed E-state index contributed by atoms with van der Waals surface area (Å²) in [4.78, 5) is 32.3. The van der Waals surface area contributed by atoms with Gasteiger partial charge in [-0.15, -0.1) is 0 Å². The zero-order valence-corrected chi connectivity index (χ0v) is 13.9. The van der Waals surface area contributed by atoms with E-state index < -0.39 is 0 Å². The lowest BCUT2D eigenvalue weighted by Gasteiger charge is -2.26. The molecule has 0 spiro atoms. The van der Waals surface area contributed by atoms with Crippen molar-refractivity contribution in [2.45, 2.75) is 44.8 Å². The van der Waals surface area contributed by atoms with Crippen LogP contribution in [-0.2, 0) is 16.1 Å². The molecule has 7 nitrogen and oxygen atoms in total. The molecule has 23 heavy (non-hydrogen) atoms.